The molecule has 0 amide bonds. The van der Waals surface area contributed by atoms with E-state index in [2.05, 4.69) is 0 Å². The van der Waals surface area contributed by atoms with Crippen LogP contribution in [0.4, 0.5) is 0 Å². The molecule has 1 N–H and O–H groups in total. The number of rotatable bonds is 2. The van der Waals surface area contributed by atoms with Gasteiger partial charge in [-0.15, -0.1) is 0 Å². The van der Waals surface area contributed by atoms with E-state index in [0.29, 0.717) is 6.42 Å². The van der Waals surface area contributed by atoms with Gasteiger partial charge in [-0.25, -0.2) is 0 Å². The summed E-state index contributed by atoms with van der Waals surface area (Å²) in [6.07, 6.45) is 2.52. The molecule has 3 heteroatoms. The van der Waals surface area contributed by atoms with Crippen molar-refractivity contribution in [2.24, 2.45) is 0 Å². The van der Waals surface area contributed by atoms with Crippen LogP contribution in [0.5, 0.6) is 0 Å². The Morgan fingerprint density at radius 3 is 2.55 bits per heavy atom. The molecule has 0 unspecified atom stereocenters. The molecule has 0 bridgehead atoms. The summed E-state index contributed by atoms with van der Waals surface area (Å²) in [4.78, 5) is 12.9. The first-order valence-electron chi connectivity index (χ1n) is 4.08. The van der Waals surface area contributed by atoms with Gasteiger partial charge >= 0.3 is 5.97 Å². The van der Waals surface area contributed by atoms with Crippen LogP contribution in [0.3, 0.4) is 0 Å². The van der Waals surface area contributed by atoms with Crippen molar-refractivity contribution in [3.05, 3.63) is 0 Å². The topological polar surface area (TPSA) is 40.5 Å². The molecule has 0 saturated carbocycles. The number of carbonyl (C=O) groups is 1. The number of hydrogen-bond donors (Lipinski definition) is 1. The highest BCUT2D eigenvalue weighted by atomic mass is 16.4. The minimum absolute atomic E-state index is 0.556. The Labute approximate surface area is 67.0 Å². The summed E-state index contributed by atoms with van der Waals surface area (Å²) >= 11 is 0. The predicted octanol–water partition coefficient (Wildman–Crippen LogP) is 0.945. The number of hydrogen-bond acceptors (Lipinski definition) is 2. The Hall–Kier alpha value is -0.570. The third-order valence-electron chi connectivity index (χ3n) is 2.80. The molecule has 0 spiro atoms. The molecule has 0 aromatic heterocycles. The molecule has 1 atom stereocenters. The Balaban J connectivity index is 2.82. The standard InChI is InChI=1S/C8H15NO2/c1-3-8(7(10)11)5-4-6-9(8)2/h3-6H2,1-2H3,(H,10,11)/t8-/m0/s1. The van der Waals surface area contributed by atoms with Crippen LogP contribution in [-0.2, 0) is 4.79 Å². The predicted molar refractivity (Wildman–Crippen MR) is 42.5 cm³/mol. The van der Waals surface area contributed by atoms with Crippen molar-refractivity contribution in [3.63, 3.8) is 0 Å². The van der Waals surface area contributed by atoms with Crippen molar-refractivity contribution < 1.29 is 9.90 Å². The van der Waals surface area contributed by atoms with Crippen molar-refractivity contribution in [2.75, 3.05) is 13.6 Å². The molecule has 1 aliphatic heterocycles. The fourth-order valence-electron chi connectivity index (χ4n) is 1.88. The van der Waals surface area contributed by atoms with Crippen molar-refractivity contribution in [3.8, 4) is 0 Å². The molecule has 1 aliphatic rings. The summed E-state index contributed by atoms with van der Waals surface area (Å²) in [7, 11) is 1.89. The van der Waals surface area contributed by atoms with Crippen LogP contribution in [0, 0.1) is 0 Å². The lowest BCUT2D eigenvalue weighted by molar-refractivity contribution is -0.149. The summed E-state index contributed by atoms with van der Waals surface area (Å²) in [5.41, 5.74) is -0.556. The van der Waals surface area contributed by atoms with Gasteiger partial charge < -0.3 is 5.11 Å². The molecule has 0 aromatic carbocycles. The lowest BCUT2D eigenvalue weighted by Gasteiger charge is -2.30. The van der Waals surface area contributed by atoms with Gasteiger partial charge in [0.25, 0.3) is 0 Å². The third-order valence-corrected chi connectivity index (χ3v) is 2.80. The maximum atomic E-state index is 10.9. The lowest BCUT2D eigenvalue weighted by atomic mass is 9.93. The molecule has 64 valence electrons. The van der Waals surface area contributed by atoms with E-state index in [-0.39, 0.29) is 0 Å². The smallest absolute Gasteiger partial charge is 0.324 e. The second-order valence-electron chi connectivity index (χ2n) is 3.22. The van der Waals surface area contributed by atoms with Crippen molar-refractivity contribution >= 4 is 5.97 Å². The quantitative estimate of drug-likeness (QED) is 0.648. The molecule has 1 fully saturated rings. The van der Waals surface area contributed by atoms with Gasteiger partial charge in [0.05, 0.1) is 0 Å². The van der Waals surface area contributed by atoms with Crippen molar-refractivity contribution in [1.82, 2.24) is 4.90 Å². The highest BCUT2D eigenvalue weighted by molar-refractivity contribution is 5.79. The van der Waals surface area contributed by atoms with Gasteiger partial charge in [0, 0.05) is 0 Å². The van der Waals surface area contributed by atoms with Gasteiger partial charge in [-0.05, 0) is 32.9 Å². The molecular formula is C8H15NO2. The molecule has 3 nitrogen and oxygen atoms in total. The first-order chi connectivity index (χ1) is 5.13. The van der Waals surface area contributed by atoms with Crippen LogP contribution >= 0.6 is 0 Å². The van der Waals surface area contributed by atoms with E-state index in [1.54, 1.807) is 0 Å². The van der Waals surface area contributed by atoms with Crippen LogP contribution in [0.15, 0.2) is 0 Å². The van der Waals surface area contributed by atoms with Crippen LogP contribution in [0.25, 0.3) is 0 Å². The Kier molecular flexibility index (Phi) is 2.18. The number of carboxylic acids is 1. The maximum absolute atomic E-state index is 10.9. The van der Waals surface area contributed by atoms with E-state index in [4.69, 9.17) is 5.11 Å². The van der Waals surface area contributed by atoms with E-state index in [1.165, 1.54) is 0 Å². The molecule has 0 radical (unpaired) electrons. The summed E-state index contributed by atoms with van der Waals surface area (Å²) in [6, 6.07) is 0. The number of carboxylic acid groups (broad SMARTS) is 1. The molecule has 0 aromatic rings. The second-order valence-corrected chi connectivity index (χ2v) is 3.22. The Morgan fingerprint density at radius 2 is 2.36 bits per heavy atom. The van der Waals surface area contributed by atoms with Gasteiger partial charge in [-0.2, -0.15) is 0 Å². The largest absolute Gasteiger partial charge is 0.480 e. The van der Waals surface area contributed by atoms with Gasteiger partial charge in [-0.1, -0.05) is 6.92 Å². The number of nitrogens with zero attached hydrogens (tertiary/aromatic N) is 1. The van der Waals surface area contributed by atoms with E-state index >= 15 is 0 Å². The first-order valence-corrected chi connectivity index (χ1v) is 4.08. The zero-order valence-electron chi connectivity index (χ0n) is 7.13. The highest BCUT2D eigenvalue weighted by Gasteiger charge is 2.43. The van der Waals surface area contributed by atoms with Gasteiger partial charge in [0.2, 0.25) is 0 Å². The molecule has 1 heterocycles. The van der Waals surface area contributed by atoms with E-state index < -0.39 is 11.5 Å². The first kappa shape index (κ1) is 8.53. The van der Waals surface area contributed by atoms with Crippen LogP contribution in [0.2, 0.25) is 0 Å². The SMILES string of the molecule is CC[C@@]1(C(=O)O)CCCN1C. The van der Waals surface area contributed by atoms with E-state index in [0.717, 1.165) is 19.4 Å². The van der Waals surface area contributed by atoms with Crippen LogP contribution in [-0.4, -0.2) is 35.1 Å². The van der Waals surface area contributed by atoms with Gasteiger partial charge in [0.15, 0.2) is 0 Å². The monoisotopic (exact) mass is 157 g/mol. The molecule has 1 saturated heterocycles. The molecule has 0 aliphatic carbocycles. The summed E-state index contributed by atoms with van der Waals surface area (Å²) < 4.78 is 0. The zero-order chi connectivity index (χ0) is 8.48. The summed E-state index contributed by atoms with van der Waals surface area (Å²) in [5.74, 6) is -0.667. The number of likely N-dealkylation sites (tertiary alicyclic amines) is 1. The highest BCUT2D eigenvalue weighted by Crippen LogP contribution is 2.30. The minimum Gasteiger partial charge on any atom is -0.480 e. The third kappa shape index (κ3) is 1.13. The minimum atomic E-state index is -0.667. The normalized spacial score (nSPS) is 32.5. The molecule has 1 rings (SSSR count). The fourth-order valence-corrected chi connectivity index (χ4v) is 1.88. The second kappa shape index (κ2) is 2.81. The Morgan fingerprint density at radius 1 is 1.73 bits per heavy atom. The zero-order valence-corrected chi connectivity index (χ0v) is 7.13. The molecule has 11 heavy (non-hydrogen) atoms. The lowest BCUT2D eigenvalue weighted by Crippen LogP contribution is -2.47. The summed E-state index contributed by atoms with van der Waals surface area (Å²) in [5, 5.41) is 8.99. The van der Waals surface area contributed by atoms with Crippen LogP contribution in [0.1, 0.15) is 26.2 Å². The number of likely N-dealkylation sites (N-methyl/N-ethyl adjacent to an activating group) is 1. The van der Waals surface area contributed by atoms with Gasteiger partial charge in [0.1, 0.15) is 5.54 Å². The Bertz CT molecular complexity index is 169. The van der Waals surface area contributed by atoms with Crippen molar-refractivity contribution in [2.45, 2.75) is 31.7 Å². The van der Waals surface area contributed by atoms with E-state index in [1.807, 2.05) is 18.9 Å². The maximum Gasteiger partial charge on any atom is 0.324 e. The average molecular weight is 157 g/mol. The van der Waals surface area contributed by atoms with E-state index in [9.17, 15) is 4.79 Å². The van der Waals surface area contributed by atoms with Crippen molar-refractivity contribution in [1.29, 1.82) is 0 Å². The molecular weight excluding hydrogens is 142 g/mol. The van der Waals surface area contributed by atoms with Gasteiger partial charge in [-0.3, -0.25) is 9.69 Å². The van der Waals surface area contributed by atoms with Crippen LogP contribution < -0.4 is 0 Å². The average Bonchev–Trinajstić information content (AvgIpc) is 2.32. The summed E-state index contributed by atoms with van der Waals surface area (Å²) in [6.45, 7) is 2.86. The number of aliphatic carboxylic acids is 1. The fraction of sp³-hybridized carbons (Fsp3) is 0.875.